The minimum Gasteiger partial charge on any atom is -0.465 e. The van der Waals surface area contributed by atoms with E-state index in [1.807, 2.05) is 66.4 Å². The molecule has 31 heavy (non-hydrogen) atoms. The van der Waals surface area contributed by atoms with Gasteiger partial charge in [-0.15, -0.1) is 0 Å². The first kappa shape index (κ1) is 21.5. The van der Waals surface area contributed by atoms with Crippen LogP contribution in [0.3, 0.4) is 0 Å². The number of benzene rings is 2. The zero-order chi connectivity index (χ0) is 21.8. The lowest BCUT2D eigenvalue weighted by atomic mass is 9.88. The highest BCUT2D eigenvalue weighted by molar-refractivity contribution is 5.97. The SMILES string of the molecule is COC(=O)c1ccc(CCN2CCC3(CC2)CN(c2ccccc2)C(=O)C(C)O3)cc1. The van der Waals surface area contributed by atoms with E-state index in [-0.39, 0.29) is 17.5 Å². The number of para-hydroxylation sites is 1. The highest BCUT2D eigenvalue weighted by Crippen LogP contribution is 2.35. The van der Waals surface area contributed by atoms with Crippen molar-refractivity contribution in [2.45, 2.75) is 37.9 Å². The average Bonchev–Trinajstić information content (AvgIpc) is 2.81. The first-order valence-corrected chi connectivity index (χ1v) is 10.9. The Hall–Kier alpha value is -2.70. The fourth-order valence-electron chi connectivity index (χ4n) is 4.55. The van der Waals surface area contributed by atoms with Crippen LogP contribution in [-0.2, 0) is 20.7 Å². The molecule has 1 spiro atoms. The van der Waals surface area contributed by atoms with Gasteiger partial charge in [-0.2, -0.15) is 0 Å². The van der Waals surface area contributed by atoms with Gasteiger partial charge in [0.05, 0.1) is 24.8 Å². The molecule has 1 atom stereocenters. The fourth-order valence-corrected chi connectivity index (χ4v) is 4.55. The Bertz CT molecular complexity index is 905. The summed E-state index contributed by atoms with van der Waals surface area (Å²) in [4.78, 5) is 28.6. The quantitative estimate of drug-likeness (QED) is 0.692. The molecule has 6 nitrogen and oxygen atoms in total. The van der Waals surface area contributed by atoms with Gasteiger partial charge in [0.1, 0.15) is 6.10 Å². The molecule has 0 aliphatic carbocycles. The normalized spacial score (nSPS) is 21.3. The summed E-state index contributed by atoms with van der Waals surface area (Å²) in [7, 11) is 1.39. The standard InChI is InChI=1S/C25H30N2O4/c1-19-23(28)27(22-6-4-3-5-7-22)18-25(31-19)13-16-26(17-14-25)15-12-20-8-10-21(11-9-20)24(29)30-2/h3-11,19H,12-18H2,1-2H3. The van der Waals surface area contributed by atoms with E-state index in [1.165, 1.54) is 12.7 Å². The zero-order valence-corrected chi connectivity index (χ0v) is 18.3. The van der Waals surface area contributed by atoms with E-state index in [0.29, 0.717) is 12.1 Å². The number of carbonyl (C=O) groups excluding carboxylic acids is 2. The van der Waals surface area contributed by atoms with Crippen molar-refractivity contribution in [2.75, 3.05) is 38.2 Å². The maximum atomic E-state index is 12.7. The maximum absolute atomic E-state index is 12.7. The Morgan fingerprint density at radius 3 is 2.42 bits per heavy atom. The molecule has 1 unspecified atom stereocenters. The van der Waals surface area contributed by atoms with Gasteiger partial charge in [0.15, 0.2) is 0 Å². The molecule has 2 fully saturated rings. The van der Waals surface area contributed by atoms with Crippen molar-refractivity contribution in [1.29, 1.82) is 0 Å². The van der Waals surface area contributed by atoms with Crippen LogP contribution < -0.4 is 4.90 Å². The van der Waals surface area contributed by atoms with E-state index in [0.717, 1.165) is 44.6 Å². The molecule has 2 aromatic carbocycles. The first-order valence-electron chi connectivity index (χ1n) is 10.9. The Morgan fingerprint density at radius 1 is 1.10 bits per heavy atom. The number of hydrogen-bond acceptors (Lipinski definition) is 5. The summed E-state index contributed by atoms with van der Waals surface area (Å²) in [6.45, 7) is 5.34. The molecule has 2 aliphatic heterocycles. The number of carbonyl (C=O) groups is 2. The number of likely N-dealkylation sites (tertiary alicyclic amines) is 1. The lowest BCUT2D eigenvalue weighted by Gasteiger charge is -2.49. The summed E-state index contributed by atoms with van der Waals surface area (Å²) in [5.41, 5.74) is 2.45. The van der Waals surface area contributed by atoms with Crippen LogP contribution in [0, 0.1) is 0 Å². The summed E-state index contributed by atoms with van der Waals surface area (Å²) in [6.07, 6.45) is 2.33. The van der Waals surface area contributed by atoms with Crippen LogP contribution in [0.15, 0.2) is 54.6 Å². The summed E-state index contributed by atoms with van der Waals surface area (Å²) in [5, 5.41) is 0. The molecule has 0 saturated carbocycles. The van der Waals surface area contributed by atoms with Crippen molar-refractivity contribution in [3.8, 4) is 0 Å². The average molecular weight is 423 g/mol. The second kappa shape index (κ2) is 9.20. The Balaban J connectivity index is 1.33. The van der Waals surface area contributed by atoms with Gasteiger partial charge in [-0.1, -0.05) is 30.3 Å². The third-order valence-corrected chi connectivity index (χ3v) is 6.41. The number of esters is 1. The van der Waals surface area contributed by atoms with E-state index in [1.54, 1.807) is 0 Å². The van der Waals surface area contributed by atoms with Crippen molar-refractivity contribution in [2.24, 2.45) is 0 Å². The van der Waals surface area contributed by atoms with Gasteiger partial charge >= 0.3 is 5.97 Å². The topological polar surface area (TPSA) is 59.1 Å². The summed E-state index contributed by atoms with van der Waals surface area (Å²) in [6, 6.07) is 17.5. The smallest absolute Gasteiger partial charge is 0.337 e. The van der Waals surface area contributed by atoms with E-state index in [4.69, 9.17) is 9.47 Å². The van der Waals surface area contributed by atoms with Crippen molar-refractivity contribution in [3.05, 3.63) is 65.7 Å². The van der Waals surface area contributed by atoms with Crippen LogP contribution in [0.25, 0.3) is 0 Å². The molecule has 164 valence electrons. The van der Waals surface area contributed by atoms with E-state index in [9.17, 15) is 9.59 Å². The van der Waals surface area contributed by atoms with Crippen LogP contribution in [0.4, 0.5) is 5.69 Å². The van der Waals surface area contributed by atoms with Crippen molar-refractivity contribution in [1.82, 2.24) is 4.90 Å². The highest BCUT2D eigenvalue weighted by atomic mass is 16.5. The minimum atomic E-state index is -0.422. The van der Waals surface area contributed by atoms with Crippen molar-refractivity contribution < 1.29 is 19.1 Å². The molecule has 2 heterocycles. The van der Waals surface area contributed by atoms with Crippen LogP contribution in [-0.4, -0.2) is 61.8 Å². The molecule has 4 rings (SSSR count). The van der Waals surface area contributed by atoms with Crippen LogP contribution >= 0.6 is 0 Å². The highest BCUT2D eigenvalue weighted by Gasteiger charge is 2.45. The molecule has 0 radical (unpaired) electrons. The lowest BCUT2D eigenvalue weighted by molar-refractivity contribution is -0.161. The first-order chi connectivity index (χ1) is 15.0. The number of hydrogen-bond donors (Lipinski definition) is 0. The summed E-state index contributed by atoms with van der Waals surface area (Å²) >= 11 is 0. The molecule has 0 aromatic heterocycles. The van der Waals surface area contributed by atoms with E-state index < -0.39 is 6.10 Å². The third kappa shape index (κ3) is 4.81. The number of piperidine rings is 1. The molecular formula is C25H30N2O4. The number of methoxy groups -OCH3 is 1. The van der Waals surface area contributed by atoms with Gasteiger partial charge in [0.2, 0.25) is 0 Å². The van der Waals surface area contributed by atoms with Gasteiger partial charge in [-0.3, -0.25) is 4.79 Å². The monoisotopic (exact) mass is 422 g/mol. The van der Waals surface area contributed by atoms with Crippen molar-refractivity contribution in [3.63, 3.8) is 0 Å². The van der Waals surface area contributed by atoms with E-state index >= 15 is 0 Å². The predicted molar refractivity (Wildman–Crippen MR) is 119 cm³/mol. The van der Waals surface area contributed by atoms with Crippen molar-refractivity contribution >= 4 is 17.6 Å². The van der Waals surface area contributed by atoms with Gasteiger partial charge in [0.25, 0.3) is 5.91 Å². The largest absolute Gasteiger partial charge is 0.465 e. The molecule has 0 bridgehead atoms. The molecular weight excluding hydrogens is 392 g/mol. The number of nitrogens with zero attached hydrogens (tertiary/aromatic N) is 2. The summed E-state index contributed by atoms with van der Waals surface area (Å²) in [5.74, 6) is -0.271. The molecule has 2 saturated heterocycles. The molecule has 1 amide bonds. The number of rotatable bonds is 5. The van der Waals surface area contributed by atoms with Gasteiger partial charge in [0, 0.05) is 25.3 Å². The van der Waals surface area contributed by atoms with Gasteiger partial charge < -0.3 is 19.3 Å². The lowest BCUT2D eigenvalue weighted by Crippen LogP contribution is -2.61. The predicted octanol–water partition coefficient (Wildman–Crippen LogP) is 3.30. The van der Waals surface area contributed by atoms with Gasteiger partial charge in [-0.05, 0) is 56.0 Å². The van der Waals surface area contributed by atoms with Crippen LogP contribution in [0.5, 0.6) is 0 Å². The summed E-state index contributed by atoms with van der Waals surface area (Å²) < 4.78 is 11.0. The number of anilines is 1. The number of morpholine rings is 1. The molecule has 6 heteroatoms. The minimum absolute atomic E-state index is 0.0367. The van der Waals surface area contributed by atoms with Crippen LogP contribution in [0.2, 0.25) is 0 Å². The Kier molecular flexibility index (Phi) is 6.39. The fraction of sp³-hybridized carbons (Fsp3) is 0.440. The Morgan fingerprint density at radius 2 is 1.77 bits per heavy atom. The molecule has 2 aliphatic rings. The zero-order valence-electron chi connectivity index (χ0n) is 18.3. The maximum Gasteiger partial charge on any atom is 0.337 e. The molecule has 2 aromatic rings. The van der Waals surface area contributed by atoms with Gasteiger partial charge in [-0.25, -0.2) is 4.79 Å². The van der Waals surface area contributed by atoms with Crippen LogP contribution in [0.1, 0.15) is 35.7 Å². The second-order valence-electron chi connectivity index (χ2n) is 8.48. The second-order valence-corrected chi connectivity index (χ2v) is 8.48. The number of ether oxygens (including phenoxy) is 2. The third-order valence-electron chi connectivity index (χ3n) is 6.41. The Labute approximate surface area is 183 Å². The van der Waals surface area contributed by atoms with E-state index in [2.05, 4.69) is 4.90 Å². The number of amides is 1. The molecule has 0 N–H and O–H groups in total.